The van der Waals surface area contributed by atoms with Gasteiger partial charge in [-0.2, -0.15) is 0 Å². The van der Waals surface area contributed by atoms with Crippen LogP contribution in [0.1, 0.15) is 66.7 Å². The van der Waals surface area contributed by atoms with E-state index in [1.165, 1.54) is 18.2 Å². The summed E-state index contributed by atoms with van der Waals surface area (Å²) in [4.78, 5) is 39.7. The van der Waals surface area contributed by atoms with Crippen LogP contribution in [0.15, 0.2) is 54.1 Å². The summed E-state index contributed by atoms with van der Waals surface area (Å²) in [6.07, 6.45) is 3.25. The molecule has 0 aliphatic carbocycles. The van der Waals surface area contributed by atoms with Crippen molar-refractivity contribution in [2.45, 2.75) is 59.0 Å². The Morgan fingerprint density at radius 3 is 2.51 bits per heavy atom. The number of rotatable bonds is 9. The van der Waals surface area contributed by atoms with Gasteiger partial charge >= 0.3 is 0 Å². The topological polar surface area (TPSA) is 116 Å². The normalized spacial score (nSPS) is 17.7. The second-order valence-corrected chi connectivity index (χ2v) is 9.98. The van der Waals surface area contributed by atoms with Crippen molar-refractivity contribution in [3.05, 3.63) is 82.2 Å². The van der Waals surface area contributed by atoms with Gasteiger partial charge in [-0.25, -0.2) is 4.39 Å². The molecule has 1 aliphatic heterocycles. The highest BCUT2D eigenvalue weighted by atomic mass is 19.1. The van der Waals surface area contributed by atoms with Crippen LogP contribution in [-0.4, -0.2) is 40.9 Å². The van der Waals surface area contributed by atoms with Gasteiger partial charge in [0.05, 0.1) is 12.6 Å². The van der Waals surface area contributed by atoms with Gasteiger partial charge < -0.3 is 21.4 Å². The number of allylic oxidation sites excluding steroid dienone is 1. The Morgan fingerprint density at radius 2 is 1.92 bits per heavy atom. The Balaban J connectivity index is 1.71. The van der Waals surface area contributed by atoms with E-state index in [0.29, 0.717) is 11.1 Å². The lowest BCUT2D eigenvalue weighted by molar-refractivity contribution is -0.134. The largest absolute Gasteiger partial charge is 0.366 e. The molecule has 1 aliphatic rings. The van der Waals surface area contributed by atoms with Crippen molar-refractivity contribution >= 4 is 23.4 Å². The first kappa shape index (κ1) is 27.8. The van der Waals surface area contributed by atoms with Gasteiger partial charge in [-0.15, -0.1) is 0 Å². The molecule has 37 heavy (non-hydrogen) atoms. The van der Waals surface area contributed by atoms with Crippen LogP contribution in [0.4, 0.5) is 4.39 Å². The van der Waals surface area contributed by atoms with Crippen LogP contribution in [0, 0.1) is 24.1 Å². The van der Waals surface area contributed by atoms with E-state index in [1.807, 2.05) is 13.0 Å². The van der Waals surface area contributed by atoms with Crippen LogP contribution in [0.5, 0.6) is 0 Å². The van der Waals surface area contributed by atoms with Crippen molar-refractivity contribution in [3.63, 3.8) is 0 Å². The van der Waals surface area contributed by atoms with Gasteiger partial charge in [0.2, 0.25) is 11.8 Å². The maximum absolute atomic E-state index is 13.9. The molecule has 0 unspecified atom stereocenters. The number of nitrogens with one attached hydrogen (secondary N) is 2. The molecule has 8 heteroatoms. The Hall–Kier alpha value is -3.81. The molecule has 0 spiro atoms. The van der Waals surface area contributed by atoms with E-state index >= 15 is 0 Å². The summed E-state index contributed by atoms with van der Waals surface area (Å²) in [6.45, 7) is 7.35. The van der Waals surface area contributed by atoms with Crippen molar-refractivity contribution in [3.8, 4) is 0 Å². The molecule has 2 aromatic carbocycles. The Labute approximate surface area is 217 Å². The van der Waals surface area contributed by atoms with Gasteiger partial charge in [0, 0.05) is 29.3 Å². The monoisotopic (exact) mass is 506 g/mol. The van der Waals surface area contributed by atoms with E-state index in [0.717, 1.165) is 29.5 Å². The molecule has 1 heterocycles. The molecule has 3 amide bonds. The number of aryl methyl sites for hydroxylation is 1. The number of nitrogens with two attached hydrogens (primary N) is 1. The molecule has 2 aromatic rings. The number of halogens is 1. The van der Waals surface area contributed by atoms with Crippen LogP contribution >= 0.6 is 0 Å². The smallest absolute Gasteiger partial charge is 0.251 e. The summed E-state index contributed by atoms with van der Waals surface area (Å²) >= 11 is 0. The first-order valence-electron chi connectivity index (χ1n) is 12.5. The lowest BCUT2D eigenvalue weighted by Gasteiger charge is -2.33. The number of carbonyl (C=O) groups is 3. The highest BCUT2D eigenvalue weighted by molar-refractivity contribution is 6.01. The number of hydrogen-bond acceptors (Lipinski definition) is 4. The third-order valence-corrected chi connectivity index (χ3v) is 6.81. The van der Waals surface area contributed by atoms with Crippen LogP contribution < -0.4 is 11.1 Å². The molecule has 0 aromatic heterocycles. The van der Waals surface area contributed by atoms with Gasteiger partial charge in [-0.3, -0.25) is 14.4 Å². The molecule has 2 atom stereocenters. The molecule has 0 bridgehead atoms. The lowest BCUT2D eigenvalue weighted by Crippen LogP contribution is -2.45. The molecule has 3 rings (SSSR count). The van der Waals surface area contributed by atoms with E-state index in [2.05, 4.69) is 19.2 Å². The molecule has 1 fully saturated rings. The van der Waals surface area contributed by atoms with Crippen LogP contribution in [0.25, 0.3) is 0 Å². The third kappa shape index (κ3) is 6.90. The summed E-state index contributed by atoms with van der Waals surface area (Å²) in [7, 11) is 0. The van der Waals surface area contributed by atoms with Crippen LogP contribution in [0.3, 0.4) is 0 Å². The molecule has 7 nitrogen and oxygen atoms in total. The average molecular weight is 507 g/mol. The van der Waals surface area contributed by atoms with Crippen LogP contribution in [-0.2, 0) is 16.0 Å². The SMILES string of the molecule is CC(=N)/C=C(/Cc1ccc(C(=O)NCC(=O)N2[C@@H](C(C)C)CC[C@H]2c2cccc(F)c2)cc1C)C(N)=O. The fourth-order valence-corrected chi connectivity index (χ4v) is 4.95. The Morgan fingerprint density at radius 1 is 1.19 bits per heavy atom. The predicted octanol–water partition coefficient (Wildman–Crippen LogP) is 4.25. The maximum atomic E-state index is 13.9. The molecule has 0 radical (unpaired) electrons. The second kappa shape index (κ2) is 12.0. The molecule has 0 saturated carbocycles. The zero-order valence-corrected chi connectivity index (χ0v) is 21.8. The van der Waals surface area contributed by atoms with E-state index in [1.54, 1.807) is 36.1 Å². The fourth-order valence-electron chi connectivity index (χ4n) is 4.95. The van der Waals surface area contributed by atoms with Crippen molar-refractivity contribution in [2.75, 3.05) is 6.54 Å². The summed E-state index contributed by atoms with van der Waals surface area (Å²) in [5.41, 5.74) is 8.74. The predicted molar refractivity (Wildman–Crippen MR) is 142 cm³/mol. The van der Waals surface area contributed by atoms with Gasteiger partial charge in [0.25, 0.3) is 5.91 Å². The highest BCUT2D eigenvalue weighted by Crippen LogP contribution is 2.39. The van der Waals surface area contributed by atoms with Crippen molar-refractivity contribution in [1.29, 1.82) is 5.41 Å². The van der Waals surface area contributed by atoms with E-state index in [9.17, 15) is 18.8 Å². The quantitative estimate of drug-likeness (QED) is 0.349. The average Bonchev–Trinajstić information content (AvgIpc) is 3.28. The first-order chi connectivity index (χ1) is 17.5. The first-order valence-corrected chi connectivity index (χ1v) is 12.5. The number of amides is 3. The van der Waals surface area contributed by atoms with Crippen molar-refractivity contribution in [2.24, 2.45) is 11.7 Å². The van der Waals surface area contributed by atoms with Crippen LogP contribution in [0.2, 0.25) is 0 Å². The van der Waals surface area contributed by atoms with E-state index in [4.69, 9.17) is 11.1 Å². The lowest BCUT2D eigenvalue weighted by atomic mass is 9.97. The number of likely N-dealkylation sites (tertiary alicyclic amines) is 1. The van der Waals surface area contributed by atoms with Gasteiger partial charge in [0.15, 0.2) is 0 Å². The number of primary amides is 1. The minimum absolute atomic E-state index is 0.0105. The zero-order chi connectivity index (χ0) is 27.3. The highest BCUT2D eigenvalue weighted by Gasteiger charge is 2.39. The zero-order valence-electron chi connectivity index (χ0n) is 21.8. The number of benzene rings is 2. The number of carbonyl (C=O) groups excluding carboxylic acids is 3. The minimum Gasteiger partial charge on any atom is -0.366 e. The van der Waals surface area contributed by atoms with Gasteiger partial charge in [-0.05, 0) is 79.6 Å². The van der Waals surface area contributed by atoms with Crippen molar-refractivity contribution in [1.82, 2.24) is 10.2 Å². The minimum atomic E-state index is -0.593. The third-order valence-electron chi connectivity index (χ3n) is 6.81. The second-order valence-electron chi connectivity index (χ2n) is 9.98. The molecule has 4 N–H and O–H groups in total. The molecular weight excluding hydrogens is 471 g/mol. The molecular formula is C29H35FN4O3. The van der Waals surface area contributed by atoms with Crippen molar-refractivity contribution < 1.29 is 18.8 Å². The fraction of sp³-hybridized carbons (Fsp3) is 0.379. The van der Waals surface area contributed by atoms with E-state index < -0.39 is 5.91 Å². The standard InChI is InChI=1S/C29H35FN4O3/c1-17(2)25-10-11-26(21-6-5-7-24(30)15-21)34(25)27(35)16-33-29(37)22-9-8-20(18(3)12-22)14-23(28(32)36)13-19(4)31/h5-9,12-13,15,17,25-26,31H,10-11,14,16H2,1-4H3,(H2,32,36)(H,33,37)/b23-13-,31-19?/t25-,26+/m1/s1. The Bertz CT molecular complexity index is 1240. The molecule has 1 saturated heterocycles. The number of hydrogen-bond donors (Lipinski definition) is 3. The van der Waals surface area contributed by atoms with Gasteiger partial charge in [-0.1, -0.05) is 32.0 Å². The maximum Gasteiger partial charge on any atom is 0.251 e. The summed E-state index contributed by atoms with van der Waals surface area (Å²) in [5.74, 6) is -1.29. The summed E-state index contributed by atoms with van der Waals surface area (Å²) in [5, 5.41) is 10.3. The number of nitrogens with zero attached hydrogens (tertiary/aromatic N) is 1. The summed E-state index contributed by atoms with van der Waals surface area (Å²) in [6, 6.07) is 11.2. The Kier molecular flexibility index (Phi) is 8.97. The molecule has 196 valence electrons. The van der Waals surface area contributed by atoms with E-state index in [-0.39, 0.29) is 54.3 Å². The summed E-state index contributed by atoms with van der Waals surface area (Å²) < 4.78 is 13.9. The van der Waals surface area contributed by atoms with Gasteiger partial charge in [0.1, 0.15) is 5.82 Å².